The van der Waals surface area contributed by atoms with Crippen molar-refractivity contribution in [3.8, 4) is 17.2 Å². The molecule has 1 amide bonds. The largest absolute Gasteiger partial charge is 0.490 e. The number of unbranched alkanes of at least 4 members (excludes halogenated alkanes) is 45. The zero-order valence-corrected chi connectivity index (χ0v) is 49.8. The van der Waals surface area contributed by atoms with Gasteiger partial charge in [-0.25, -0.2) is 0 Å². The lowest BCUT2D eigenvalue weighted by Crippen LogP contribution is -2.29. The van der Waals surface area contributed by atoms with Crippen molar-refractivity contribution in [3.05, 3.63) is 17.7 Å². The Bertz CT molecular complexity index is 1310. The first-order valence-corrected chi connectivity index (χ1v) is 32.8. The number of amides is 1. The van der Waals surface area contributed by atoms with Gasteiger partial charge in [-0.15, -0.1) is 0 Å². The van der Waals surface area contributed by atoms with Crippen LogP contribution >= 0.6 is 0 Å². The van der Waals surface area contributed by atoms with Gasteiger partial charge < -0.3 is 24.3 Å². The maximum atomic E-state index is 13.6. The lowest BCUT2D eigenvalue weighted by molar-refractivity contribution is 0.0855. The smallest absolute Gasteiger partial charge is 0.251 e. The molecule has 1 rings (SSSR count). The SMILES string of the molecule is CCCCCCCCCCCCCCCCCCOc1cc(C(=O)NCCOC([C]=O)C[C]=O)cc(OCCCCCCCCCCCCCCCCCC)c1OCCCCCCCCCCCCCCCCCC. The summed E-state index contributed by atoms with van der Waals surface area (Å²) in [7, 11) is 0. The molecule has 436 valence electrons. The fourth-order valence-electron chi connectivity index (χ4n) is 10.2. The molecule has 8 nitrogen and oxygen atoms in total. The Balaban J connectivity index is 2.78. The van der Waals surface area contributed by atoms with Crippen molar-refractivity contribution in [1.82, 2.24) is 5.32 Å². The Morgan fingerprint density at radius 2 is 0.653 bits per heavy atom. The molecule has 1 aromatic carbocycles. The van der Waals surface area contributed by atoms with E-state index < -0.39 is 6.10 Å². The van der Waals surface area contributed by atoms with Gasteiger partial charge in [0.2, 0.25) is 18.3 Å². The molecule has 0 saturated carbocycles. The summed E-state index contributed by atoms with van der Waals surface area (Å²) in [6.07, 6.45) is 65.5. The second-order valence-corrected chi connectivity index (χ2v) is 22.3. The van der Waals surface area contributed by atoms with Crippen molar-refractivity contribution < 1.29 is 33.3 Å². The van der Waals surface area contributed by atoms with Crippen LogP contribution in [0.3, 0.4) is 0 Å². The van der Waals surface area contributed by atoms with Gasteiger partial charge in [-0.1, -0.05) is 310 Å². The average molecular weight is 1050 g/mol. The van der Waals surface area contributed by atoms with Crippen molar-refractivity contribution in [2.75, 3.05) is 33.0 Å². The summed E-state index contributed by atoms with van der Waals surface area (Å²) in [6, 6.07) is 3.58. The van der Waals surface area contributed by atoms with E-state index in [4.69, 9.17) is 18.9 Å². The Morgan fingerprint density at radius 3 is 0.920 bits per heavy atom. The summed E-state index contributed by atoms with van der Waals surface area (Å²) < 4.78 is 25.0. The molecule has 0 bridgehead atoms. The zero-order valence-electron chi connectivity index (χ0n) is 49.8. The lowest BCUT2D eigenvalue weighted by atomic mass is 10.0. The van der Waals surface area contributed by atoms with Crippen molar-refractivity contribution in [3.63, 3.8) is 0 Å². The Hall–Kier alpha value is -2.61. The topological polar surface area (TPSA) is 100 Å². The highest BCUT2D eigenvalue weighted by atomic mass is 16.5. The minimum Gasteiger partial charge on any atom is -0.490 e. The van der Waals surface area contributed by atoms with E-state index in [-0.39, 0.29) is 25.5 Å². The number of ether oxygens (including phenoxy) is 4. The molecular formula is C67H121NO7. The molecule has 1 N–H and O–H groups in total. The molecule has 8 heteroatoms. The van der Waals surface area contributed by atoms with Gasteiger partial charge in [0, 0.05) is 18.5 Å². The quantitative estimate of drug-likeness (QED) is 0.0649. The van der Waals surface area contributed by atoms with Crippen LogP contribution in [-0.2, 0) is 14.3 Å². The summed E-state index contributed by atoms with van der Waals surface area (Å²) in [4.78, 5) is 35.6. The van der Waals surface area contributed by atoms with Gasteiger partial charge in [0.15, 0.2) is 11.5 Å². The molecule has 0 spiro atoms. The minimum absolute atomic E-state index is 0.0685. The molecule has 0 aliphatic heterocycles. The molecule has 0 aliphatic carbocycles. The van der Waals surface area contributed by atoms with E-state index in [1.807, 2.05) is 0 Å². The van der Waals surface area contributed by atoms with Crippen LogP contribution < -0.4 is 19.5 Å². The van der Waals surface area contributed by atoms with Crippen LogP contribution in [0.5, 0.6) is 17.2 Å². The van der Waals surface area contributed by atoms with E-state index in [1.54, 1.807) is 24.7 Å². The molecular weight excluding hydrogens is 931 g/mol. The van der Waals surface area contributed by atoms with Crippen LogP contribution in [-0.4, -0.2) is 57.6 Å². The van der Waals surface area contributed by atoms with Crippen molar-refractivity contribution in [1.29, 1.82) is 0 Å². The van der Waals surface area contributed by atoms with E-state index in [1.165, 1.54) is 270 Å². The first kappa shape index (κ1) is 70.4. The van der Waals surface area contributed by atoms with E-state index in [2.05, 4.69) is 26.1 Å². The van der Waals surface area contributed by atoms with Gasteiger partial charge in [0.05, 0.1) is 26.4 Å². The molecule has 1 atom stereocenters. The van der Waals surface area contributed by atoms with Crippen LogP contribution in [0.2, 0.25) is 0 Å². The standard InChI is InChI=1S/C67H121NO7/c1-4-7-10-13-16-19-22-25-28-31-34-37-40-43-46-49-55-73-64-59-62(67(71)68-53-58-72-63(61-70)52-54-69)60-65(74-56-50-47-44-41-38-35-32-29-26-23-20-17-14-11-8-5-2)66(64)75-57-51-48-45-42-39-36-33-30-27-24-21-18-15-12-9-6-3/h59-60,63H,4-53,55-58H2,1-3H3,(H,68,71). The third-order valence-electron chi connectivity index (χ3n) is 15.1. The summed E-state index contributed by atoms with van der Waals surface area (Å²) >= 11 is 0. The predicted octanol–water partition coefficient (Wildman–Crippen LogP) is 20.3. The minimum atomic E-state index is -0.987. The summed E-state index contributed by atoms with van der Waals surface area (Å²) in [5.41, 5.74) is 0.424. The van der Waals surface area contributed by atoms with Crippen LogP contribution in [0.25, 0.3) is 0 Å². The Labute approximate surface area is 464 Å². The Kier molecular flexibility index (Phi) is 54.0. The lowest BCUT2D eigenvalue weighted by Gasteiger charge is -2.19. The summed E-state index contributed by atoms with van der Waals surface area (Å²) in [5.74, 6) is 1.40. The van der Waals surface area contributed by atoms with Gasteiger partial charge in [-0.05, 0) is 31.4 Å². The number of nitrogens with one attached hydrogen (secondary N) is 1. The number of hydrogen-bond donors (Lipinski definition) is 1. The van der Waals surface area contributed by atoms with Crippen molar-refractivity contribution in [2.45, 2.75) is 341 Å². The summed E-state index contributed by atoms with van der Waals surface area (Å²) in [6.45, 7) is 8.75. The van der Waals surface area contributed by atoms with Gasteiger partial charge in [0.25, 0.3) is 5.91 Å². The molecule has 0 fully saturated rings. The van der Waals surface area contributed by atoms with Crippen molar-refractivity contribution in [2.24, 2.45) is 0 Å². The van der Waals surface area contributed by atoms with E-state index in [9.17, 15) is 14.4 Å². The molecule has 0 aliphatic rings. The second-order valence-electron chi connectivity index (χ2n) is 22.3. The molecule has 2 radical (unpaired) electrons. The van der Waals surface area contributed by atoms with E-state index in [0.717, 1.165) is 38.5 Å². The maximum absolute atomic E-state index is 13.6. The predicted molar refractivity (Wildman–Crippen MR) is 320 cm³/mol. The number of rotatable bonds is 62. The number of benzene rings is 1. The molecule has 0 heterocycles. The number of carbonyl (C=O) groups is 1. The normalized spacial score (nSPS) is 11.8. The highest BCUT2D eigenvalue weighted by Gasteiger charge is 2.20. The molecule has 75 heavy (non-hydrogen) atoms. The number of hydrogen-bond acceptors (Lipinski definition) is 7. The third kappa shape index (κ3) is 46.1. The first-order chi connectivity index (χ1) is 37.1. The van der Waals surface area contributed by atoms with Crippen LogP contribution in [0.1, 0.15) is 346 Å². The summed E-state index contributed by atoms with van der Waals surface area (Å²) in [5, 5.41) is 2.91. The first-order valence-electron chi connectivity index (χ1n) is 32.8. The molecule has 0 aromatic heterocycles. The fraction of sp³-hybridized carbons (Fsp3) is 0.866. The molecule has 1 unspecified atom stereocenters. The van der Waals surface area contributed by atoms with Gasteiger partial charge in [0.1, 0.15) is 6.10 Å². The van der Waals surface area contributed by atoms with Gasteiger partial charge in [-0.3, -0.25) is 14.4 Å². The van der Waals surface area contributed by atoms with Crippen LogP contribution in [0.4, 0.5) is 0 Å². The van der Waals surface area contributed by atoms with Crippen molar-refractivity contribution >= 4 is 18.5 Å². The van der Waals surface area contributed by atoms with Gasteiger partial charge >= 0.3 is 0 Å². The second kappa shape index (κ2) is 57.6. The Morgan fingerprint density at radius 1 is 0.387 bits per heavy atom. The number of carbonyl (C=O) groups excluding carboxylic acids is 3. The molecule has 0 saturated heterocycles. The zero-order chi connectivity index (χ0) is 54.0. The maximum Gasteiger partial charge on any atom is 0.251 e. The third-order valence-corrected chi connectivity index (χ3v) is 15.1. The van der Waals surface area contributed by atoms with E-state index >= 15 is 0 Å². The van der Waals surface area contributed by atoms with Crippen LogP contribution in [0, 0.1) is 0 Å². The molecule has 1 aromatic rings. The van der Waals surface area contributed by atoms with Crippen LogP contribution in [0.15, 0.2) is 12.1 Å². The monoisotopic (exact) mass is 1050 g/mol. The van der Waals surface area contributed by atoms with E-state index in [0.29, 0.717) is 42.6 Å². The van der Waals surface area contributed by atoms with Gasteiger partial charge in [-0.2, -0.15) is 0 Å². The highest BCUT2D eigenvalue weighted by molar-refractivity contribution is 5.95. The highest BCUT2D eigenvalue weighted by Crippen LogP contribution is 2.40. The average Bonchev–Trinajstić information content (AvgIpc) is 3.42. The fourth-order valence-corrected chi connectivity index (χ4v) is 10.2.